The van der Waals surface area contributed by atoms with E-state index in [1.54, 1.807) is 21.0 Å². The van der Waals surface area contributed by atoms with Crippen molar-refractivity contribution in [2.45, 2.75) is 27.7 Å². The summed E-state index contributed by atoms with van der Waals surface area (Å²) in [4.78, 5) is 24.2. The number of rotatable bonds is 7. The third-order valence-corrected chi connectivity index (χ3v) is 4.49. The largest absolute Gasteiger partial charge is 0.494 e. The van der Waals surface area contributed by atoms with Crippen LogP contribution in [0.5, 0.6) is 5.75 Å². The minimum Gasteiger partial charge on any atom is -0.494 e. The van der Waals surface area contributed by atoms with Crippen molar-refractivity contribution >= 4 is 28.5 Å². The van der Waals surface area contributed by atoms with Crippen LogP contribution in [0.2, 0.25) is 0 Å². The molecule has 7 heteroatoms. The summed E-state index contributed by atoms with van der Waals surface area (Å²) in [5, 5.41) is 4.05. The number of aryl methyl sites for hydroxylation is 2. The molecule has 0 atom stereocenters. The van der Waals surface area contributed by atoms with Crippen molar-refractivity contribution in [1.82, 2.24) is 4.57 Å². The van der Waals surface area contributed by atoms with Gasteiger partial charge in [0.25, 0.3) is 0 Å². The lowest BCUT2D eigenvalue weighted by molar-refractivity contribution is -0.146. The Hall–Kier alpha value is -2.96. The number of carbonyl (C=O) groups excluding carboxylic acids is 2. The molecule has 146 valence electrons. The molecule has 0 amide bonds. The third-order valence-electron chi connectivity index (χ3n) is 4.49. The lowest BCUT2D eigenvalue weighted by Gasteiger charge is -2.11. The zero-order chi connectivity index (χ0) is 20.1. The highest BCUT2D eigenvalue weighted by atomic mass is 16.6. The van der Waals surface area contributed by atoms with E-state index in [9.17, 15) is 9.59 Å². The van der Waals surface area contributed by atoms with Crippen LogP contribution in [0.1, 0.15) is 25.1 Å². The predicted octanol–water partition coefficient (Wildman–Crippen LogP) is 3.23. The molecule has 1 heterocycles. The predicted molar refractivity (Wildman–Crippen MR) is 104 cm³/mol. The molecule has 7 nitrogen and oxygen atoms in total. The first-order valence-corrected chi connectivity index (χ1v) is 8.80. The second kappa shape index (κ2) is 8.62. The van der Waals surface area contributed by atoms with Gasteiger partial charge in [-0.05, 0) is 39.3 Å². The Morgan fingerprint density at radius 2 is 1.70 bits per heavy atom. The van der Waals surface area contributed by atoms with E-state index >= 15 is 0 Å². The quantitative estimate of drug-likeness (QED) is 0.347. The van der Waals surface area contributed by atoms with Gasteiger partial charge in [-0.3, -0.25) is 0 Å². The minimum atomic E-state index is -0.741. The normalized spacial score (nSPS) is 10.4. The number of esters is 2. The Bertz CT molecular complexity index is 876. The lowest BCUT2D eigenvalue weighted by Crippen LogP contribution is -2.19. The number of nitrogens with one attached hydrogen (secondary N) is 1. The molecular formula is C20H26N2O5. The molecule has 0 aliphatic carbocycles. The smallest absolute Gasteiger partial charge is 0.347 e. The summed E-state index contributed by atoms with van der Waals surface area (Å²) in [6, 6.07) is 3.85. The number of ether oxygens (including phenoxy) is 3. The Labute approximate surface area is 158 Å². The van der Waals surface area contributed by atoms with Crippen LogP contribution in [-0.4, -0.2) is 36.8 Å². The number of benzene rings is 1. The second-order valence-electron chi connectivity index (χ2n) is 5.98. The van der Waals surface area contributed by atoms with E-state index in [1.807, 2.05) is 26.1 Å². The molecule has 0 aliphatic heterocycles. The summed E-state index contributed by atoms with van der Waals surface area (Å²) >= 11 is 0. The van der Waals surface area contributed by atoms with E-state index in [-0.39, 0.29) is 18.8 Å². The molecule has 0 bridgehead atoms. The molecule has 0 fully saturated rings. The van der Waals surface area contributed by atoms with Gasteiger partial charge in [-0.25, -0.2) is 9.59 Å². The fraction of sp³-hybridized carbons (Fsp3) is 0.400. The summed E-state index contributed by atoms with van der Waals surface area (Å²) in [6.07, 6.45) is 1.30. The topological polar surface area (TPSA) is 78.8 Å². The van der Waals surface area contributed by atoms with Gasteiger partial charge in [0.05, 0.1) is 31.5 Å². The highest BCUT2D eigenvalue weighted by Crippen LogP contribution is 2.34. The number of hydrogen-bond acceptors (Lipinski definition) is 6. The van der Waals surface area contributed by atoms with E-state index in [4.69, 9.17) is 14.2 Å². The van der Waals surface area contributed by atoms with Crippen molar-refractivity contribution in [1.29, 1.82) is 0 Å². The number of methoxy groups -OCH3 is 1. The van der Waals surface area contributed by atoms with E-state index in [0.29, 0.717) is 11.4 Å². The van der Waals surface area contributed by atoms with Gasteiger partial charge in [0.15, 0.2) is 5.57 Å². The molecule has 0 spiro atoms. The molecule has 1 aromatic heterocycles. The van der Waals surface area contributed by atoms with Crippen LogP contribution in [0.4, 0.5) is 5.69 Å². The van der Waals surface area contributed by atoms with Gasteiger partial charge < -0.3 is 24.1 Å². The molecular weight excluding hydrogens is 348 g/mol. The number of hydrogen-bond donors (Lipinski definition) is 1. The molecule has 2 rings (SSSR count). The van der Waals surface area contributed by atoms with Gasteiger partial charge >= 0.3 is 11.9 Å². The van der Waals surface area contributed by atoms with E-state index in [0.717, 1.165) is 22.2 Å². The summed E-state index contributed by atoms with van der Waals surface area (Å²) < 4.78 is 17.4. The zero-order valence-corrected chi connectivity index (χ0v) is 16.6. The van der Waals surface area contributed by atoms with Gasteiger partial charge in [-0.1, -0.05) is 0 Å². The van der Waals surface area contributed by atoms with Crippen LogP contribution in [0, 0.1) is 13.8 Å². The van der Waals surface area contributed by atoms with Gasteiger partial charge in [-0.2, -0.15) is 0 Å². The van der Waals surface area contributed by atoms with E-state index < -0.39 is 11.9 Å². The Kier molecular flexibility index (Phi) is 6.50. The first-order valence-electron chi connectivity index (χ1n) is 8.80. The van der Waals surface area contributed by atoms with Crippen molar-refractivity contribution in [3.05, 3.63) is 35.2 Å². The Morgan fingerprint density at radius 1 is 1.11 bits per heavy atom. The minimum absolute atomic E-state index is 0.160. The van der Waals surface area contributed by atoms with Crippen molar-refractivity contribution in [2.24, 2.45) is 7.05 Å². The zero-order valence-electron chi connectivity index (χ0n) is 16.6. The fourth-order valence-corrected chi connectivity index (χ4v) is 2.82. The van der Waals surface area contributed by atoms with Crippen LogP contribution in [-0.2, 0) is 26.1 Å². The average molecular weight is 374 g/mol. The molecule has 27 heavy (non-hydrogen) atoms. The molecule has 1 N–H and O–H groups in total. The monoisotopic (exact) mass is 374 g/mol. The van der Waals surface area contributed by atoms with Crippen LogP contribution in [0.15, 0.2) is 23.9 Å². The number of nitrogens with zero attached hydrogens (tertiary/aromatic N) is 1. The van der Waals surface area contributed by atoms with Crippen molar-refractivity contribution in [3.63, 3.8) is 0 Å². The van der Waals surface area contributed by atoms with Crippen LogP contribution in [0.25, 0.3) is 10.9 Å². The second-order valence-corrected chi connectivity index (χ2v) is 5.98. The molecule has 0 aliphatic rings. The summed E-state index contributed by atoms with van der Waals surface area (Å²) in [7, 11) is 3.56. The number of fused-ring (bicyclic) bond motifs is 1. The highest BCUT2D eigenvalue weighted by molar-refractivity contribution is 6.14. The molecule has 0 radical (unpaired) electrons. The fourth-order valence-electron chi connectivity index (χ4n) is 2.82. The number of aromatic nitrogens is 1. The first kappa shape index (κ1) is 20.4. The molecule has 1 aromatic carbocycles. The van der Waals surface area contributed by atoms with Gasteiger partial charge in [0, 0.05) is 30.4 Å². The molecule has 0 unspecified atom stereocenters. The van der Waals surface area contributed by atoms with E-state index in [1.165, 1.54) is 6.20 Å². The van der Waals surface area contributed by atoms with Gasteiger partial charge in [0.2, 0.25) is 0 Å². The summed E-state index contributed by atoms with van der Waals surface area (Å²) in [5.74, 6) is -0.892. The third kappa shape index (κ3) is 4.07. The lowest BCUT2D eigenvalue weighted by atomic mass is 10.1. The summed E-state index contributed by atoms with van der Waals surface area (Å²) in [6.45, 7) is 7.76. The SMILES string of the molecule is CCOC(=O)C(=CNc1cc2c(C)c(C)n(C)c2cc1OC)C(=O)OCC. The Balaban J connectivity index is 2.47. The van der Waals surface area contributed by atoms with Gasteiger partial charge in [-0.15, -0.1) is 0 Å². The standard InChI is InChI=1S/C20H26N2O5/c1-7-26-19(23)15(20(24)27-8-2)11-21-16-9-14-12(3)13(4)22(5)17(14)10-18(16)25-6/h9-11,21H,7-8H2,1-6H3. The van der Waals surface area contributed by atoms with Crippen LogP contribution < -0.4 is 10.1 Å². The van der Waals surface area contributed by atoms with Crippen molar-refractivity contribution in [2.75, 3.05) is 25.6 Å². The Morgan fingerprint density at radius 3 is 2.22 bits per heavy atom. The maximum atomic E-state index is 12.1. The number of carbonyl (C=O) groups is 2. The van der Waals surface area contributed by atoms with Gasteiger partial charge in [0.1, 0.15) is 5.75 Å². The van der Waals surface area contributed by atoms with Crippen LogP contribution >= 0.6 is 0 Å². The highest BCUT2D eigenvalue weighted by Gasteiger charge is 2.21. The first-order chi connectivity index (χ1) is 12.8. The molecule has 0 saturated heterocycles. The van der Waals surface area contributed by atoms with Crippen molar-refractivity contribution < 1.29 is 23.8 Å². The van der Waals surface area contributed by atoms with Crippen LogP contribution in [0.3, 0.4) is 0 Å². The van der Waals surface area contributed by atoms with E-state index in [2.05, 4.69) is 16.8 Å². The summed E-state index contributed by atoms with van der Waals surface area (Å²) in [5.41, 5.74) is 3.76. The maximum Gasteiger partial charge on any atom is 0.347 e. The molecule has 0 saturated carbocycles. The maximum absolute atomic E-state index is 12.1. The average Bonchev–Trinajstić information content (AvgIpc) is 2.85. The number of anilines is 1. The molecule has 2 aromatic rings. The van der Waals surface area contributed by atoms with Crippen molar-refractivity contribution in [3.8, 4) is 5.75 Å².